The topological polar surface area (TPSA) is 93.5 Å². The van der Waals surface area contributed by atoms with Crippen LogP contribution in [0, 0.1) is 5.92 Å². The second-order valence-corrected chi connectivity index (χ2v) is 8.79. The summed E-state index contributed by atoms with van der Waals surface area (Å²) in [6.45, 7) is 4.47. The van der Waals surface area contributed by atoms with Crippen molar-refractivity contribution < 1.29 is 17.9 Å². The molecule has 8 nitrogen and oxygen atoms in total. The first-order valence-corrected chi connectivity index (χ1v) is 10.3. The first kappa shape index (κ1) is 18.3. The van der Waals surface area contributed by atoms with E-state index in [-0.39, 0.29) is 23.6 Å². The Kier molecular flexibility index (Phi) is 5.75. The first-order valence-electron chi connectivity index (χ1n) is 8.85. The van der Waals surface area contributed by atoms with E-state index < -0.39 is 10.0 Å². The van der Waals surface area contributed by atoms with E-state index in [1.54, 1.807) is 0 Å². The van der Waals surface area contributed by atoms with Crippen LogP contribution in [0.2, 0.25) is 0 Å². The van der Waals surface area contributed by atoms with Crippen molar-refractivity contribution in [2.24, 2.45) is 5.92 Å². The summed E-state index contributed by atoms with van der Waals surface area (Å²) in [5.41, 5.74) is 0. The molecule has 9 heteroatoms. The Morgan fingerprint density at radius 3 is 2.80 bits per heavy atom. The predicted molar refractivity (Wildman–Crippen MR) is 91.4 cm³/mol. The third-order valence-electron chi connectivity index (χ3n) is 4.83. The van der Waals surface area contributed by atoms with Crippen molar-refractivity contribution in [1.29, 1.82) is 0 Å². The van der Waals surface area contributed by atoms with Gasteiger partial charge < -0.3 is 14.6 Å². The molecule has 1 aromatic heterocycles. The highest BCUT2D eigenvalue weighted by Crippen LogP contribution is 2.22. The van der Waals surface area contributed by atoms with E-state index in [2.05, 4.69) is 17.2 Å². The van der Waals surface area contributed by atoms with E-state index in [1.807, 2.05) is 0 Å². The standard InChI is InChI=1S/C16H26N4O4S/c1-13-4-6-20(7-5-13)25(22,23)16-11-19(12-18-16)10-15(21)17-9-14-3-2-8-24-14/h11-14H,2-10H2,1H3,(H,17,21). The summed E-state index contributed by atoms with van der Waals surface area (Å²) in [6.07, 6.45) is 6.63. The Labute approximate surface area is 148 Å². The van der Waals surface area contributed by atoms with Gasteiger partial charge in [-0.2, -0.15) is 4.31 Å². The monoisotopic (exact) mass is 370 g/mol. The molecule has 1 aromatic rings. The Hall–Kier alpha value is -1.45. The summed E-state index contributed by atoms with van der Waals surface area (Å²) in [5.74, 6) is 0.375. The highest BCUT2D eigenvalue weighted by atomic mass is 32.2. The number of hydrogen-bond acceptors (Lipinski definition) is 5. The molecular formula is C16H26N4O4S. The van der Waals surface area contributed by atoms with Crippen LogP contribution >= 0.6 is 0 Å². The zero-order valence-corrected chi connectivity index (χ0v) is 15.4. The minimum Gasteiger partial charge on any atom is -0.376 e. The zero-order chi connectivity index (χ0) is 17.9. The normalized spacial score (nSPS) is 23.0. The maximum absolute atomic E-state index is 12.6. The molecule has 0 radical (unpaired) electrons. The molecule has 2 saturated heterocycles. The van der Waals surface area contributed by atoms with Gasteiger partial charge in [0.05, 0.1) is 12.4 Å². The number of rotatable bonds is 6. The third-order valence-corrected chi connectivity index (χ3v) is 6.62. The summed E-state index contributed by atoms with van der Waals surface area (Å²) >= 11 is 0. The minimum atomic E-state index is -3.58. The fourth-order valence-electron chi connectivity index (χ4n) is 3.17. The van der Waals surface area contributed by atoms with Gasteiger partial charge >= 0.3 is 0 Å². The van der Waals surface area contributed by atoms with E-state index in [1.165, 1.54) is 21.4 Å². The summed E-state index contributed by atoms with van der Waals surface area (Å²) < 4.78 is 33.7. The van der Waals surface area contributed by atoms with E-state index in [9.17, 15) is 13.2 Å². The van der Waals surface area contributed by atoms with Gasteiger partial charge in [-0.3, -0.25) is 4.79 Å². The number of aromatic nitrogens is 2. The van der Waals surface area contributed by atoms with Gasteiger partial charge in [-0.1, -0.05) is 6.92 Å². The molecule has 0 bridgehead atoms. The highest BCUT2D eigenvalue weighted by Gasteiger charge is 2.30. The molecule has 0 spiro atoms. The lowest BCUT2D eigenvalue weighted by molar-refractivity contribution is -0.122. The number of hydrogen-bond donors (Lipinski definition) is 1. The van der Waals surface area contributed by atoms with Gasteiger partial charge in [-0.25, -0.2) is 13.4 Å². The van der Waals surface area contributed by atoms with Gasteiger partial charge in [0.25, 0.3) is 10.0 Å². The lowest BCUT2D eigenvalue weighted by Gasteiger charge is -2.28. The minimum absolute atomic E-state index is 0.00831. The summed E-state index contributed by atoms with van der Waals surface area (Å²) in [5, 5.41) is 2.83. The molecule has 1 amide bonds. The molecule has 2 aliphatic heterocycles. The van der Waals surface area contributed by atoms with Crippen LogP contribution in [0.15, 0.2) is 17.6 Å². The van der Waals surface area contributed by atoms with Crippen LogP contribution in [-0.2, 0) is 26.1 Å². The summed E-state index contributed by atoms with van der Waals surface area (Å²) in [4.78, 5) is 16.0. The Morgan fingerprint density at radius 2 is 2.12 bits per heavy atom. The van der Waals surface area contributed by atoms with E-state index in [0.717, 1.165) is 32.3 Å². The maximum atomic E-state index is 12.6. The van der Waals surface area contributed by atoms with Crippen LogP contribution in [0.4, 0.5) is 0 Å². The smallest absolute Gasteiger partial charge is 0.262 e. The van der Waals surface area contributed by atoms with Crippen molar-refractivity contribution in [2.45, 2.75) is 50.3 Å². The number of piperidine rings is 1. The SMILES string of the molecule is CC1CCN(S(=O)(=O)c2cn(CC(=O)NCC3CCCO3)cn2)CC1. The van der Waals surface area contributed by atoms with Crippen LogP contribution in [0.5, 0.6) is 0 Å². The number of imidazole rings is 1. The molecule has 1 N–H and O–H groups in total. The number of amides is 1. The van der Waals surface area contributed by atoms with E-state index in [4.69, 9.17) is 4.74 Å². The maximum Gasteiger partial charge on any atom is 0.262 e. The molecule has 1 unspecified atom stereocenters. The van der Waals surface area contributed by atoms with E-state index >= 15 is 0 Å². The molecule has 0 aromatic carbocycles. The largest absolute Gasteiger partial charge is 0.376 e. The number of nitrogens with one attached hydrogen (secondary N) is 1. The van der Waals surface area contributed by atoms with Crippen molar-refractivity contribution >= 4 is 15.9 Å². The average Bonchev–Trinajstić information content (AvgIpc) is 3.25. The summed E-state index contributed by atoms with van der Waals surface area (Å²) in [6, 6.07) is 0. The van der Waals surface area contributed by atoms with Gasteiger partial charge in [0.2, 0.25) is 5.91 Å². The van der Waals surface area contributed by atoms with Crippen LogP contribution in [0.3, 0.4) is 0 Å². The van der Waals surface area contributed by atoms with Crippen molar-refractivity contribution in [3.05, 3.63) is 12.5 Å². The van der Waals surface area contributed by atoms with Gasteiger partial charge in [0.1, 0.15) is 6.54 Å². The lowest BCUT2D eigenvalue weighted by Crippen LogP contribution is -2.38. The molecule has 3 heterocycles. The number of carbonyl (C=O) groups is 1. The van der Waals surface area contributed by atoms with Gasteiger partial charge in [0.15, 0.2) is 5.03 Å². The fraction of sp³-hybridized carbons (Fsp3) is 0.750. The van der Waals surface area contributed by atoms with Crippen LogP contribution in [0.1, 0.15) is 32.6 Å². The highest BCUT2D eigenvalue weighted by molar-refractivity contribution is 7.89. The summed E-state index contributed by atoms with van der Waals surface area (Å²) in [7, 11) is -3.58. The van der Waals surface area contributed by atoms with Crippen LogP contribution in [-0.4, -0.2) is 60.5 Å². The van der Waals surface area contributed by atoms with Gasteiger partial charge in [0, 0.05) is 32.4 Å². The Bertz CT molecular complexity index is 689. The van der Waals surface area contributed by atoms with Gasteiger partial charge in [-0.15, -0.1) is 0 Å². The van der Waals surface area contributed by atoms with Gasteiger partial charge in [-0.05, 0) is 31.6 Å². The zero-order valence-electron chi connectivity index (χ0n) is 14.6. The quantitative estimate of drug-likeness (QED) is 0.791. The molecule has 0 saturated carbocycles. The third kappa shape index (κ3) is 4.59. The number of sulfonamides is 1. The predicted octanol–water partition coefficient (Wildman–Crippen LogP) is 0.599. The molecule has 0 aliphatic carbocycles. The Balaban J connectivity index is 1.55. The lowest BCUT2D eigenvalue weighted by atomic mass is 10.0. The van der Waals surface area contributed by atoms with Crippen molar-refractivity contribution in [3.8, 4) is 0 Å². The van der Waals surface area contributed by atoms with Crippen LogP contribution < -0.4 is 5.32 Å². The average molecular weight is 370 g/mol. The van der Waals surface area contributed by atoms with Crippen molar-refractivity contribution in [2.75, 3.05) is 26.2 Å². The second-order valence-electron chi connectivity index (χ2n) is 6.91. The molecule has 2 fully saturated rings. The molecule has 25 heavy (non-hydrogen) atoms. The second kappa shape index (κ2) is 7.84. The van der Waals surface area contributed by atoms with Crippen molar-refractivity contribution in [1.82, 2.24) is 19.2 Å². The fourth-order valence-corrected chi connectivity index (χ4v) is 4.58. The Morgan fingerprint density at radius 1 is 1.36 bits per heavy atom. The number of carbonyl (C=O) groups excluding carboxylic acids is 1. The van der Waals surface area contributed by atoms with Crippen molar-refractivity contribution in [3.63, 3.8) is 0 Å². The molecule has 1 atom stereocenters. The molecular weight excluding hydrogens is 344 g/mol. The molecule has 3 rings (SSSR count). The number of ether oxygens (including phenoxy) is 1. The van der Waals surface area contributed by atoms with E-state index in [0.29, 0.717) is 25.6 Å². The molecule has 140 valence electrons. The molecule has 2 aliphatic rings. The first-order chi connectivity index (χ1) is 11.9. The number of nitrogens with zero attached hydrogens (tertiary/aromatic N) is 3. The van der Waals surface area contributed by atoms with Crippen LogP contribution in [0.25, 0.3) is 0 Å².